The van der Waals surface area contributed by atoms with E-state index in [-0.39, 0.29) is 30.2 Å². The lowest BCUT2D eigenvalue weighted by atomic mass is 9.96. The molecule has 0 aliphatic carbocycles. The average molecular weight is 656 g/mol. The van der Waals surface area contributed by atoms with E-state index in [1.165, 1.54) is 23.5 Å². The summed E-state index contributed by atoms with van der Waals surface area (Å²) < 4.78 is 28.9. The van der Waals surface area contributed by atoms with Crippen molar-refractivity contribution in [2.45, 2.75) is 40.3 Å². The van der Waals surface area contributed by atoms with Crippen LogP contribution in [0.25, 0.3) is 11.8 Å². The smallest absolute Gasteiger partial charge is 0.338 e. The van der Waals surface area contributed by atoms with Crippen LogP contribution in [0.15, 0.2) is 99.9 Å². The number of hydrogen-bond donors (Lipinski definition) is 0. The van der Waals surface area contributed by atoms with Gasteiger partial charge in [-0.05, 0) is 99.0 Å². The Morgan fingerprint density at radius 1 is 1.04 bits per heavy atom. The first-order chi connectivity index (χ1) is 22.2. The third kappa shape index (κ3) is 5.96. The van der Waals surface area contributed by atoms with Gasteiger partial charge >= 0.3 is 5.97 Å². The molecular formula is C36H31ClFN3O4S. The number of nitrogens with zero attached hydrogens (tertiary/aromatic N) is 3. The van der Waals surface area contributed by atoms with Gasteiger partial charge in [0, 0.05) is 22.1 Å². The number of benzene rings is 3. The number of carbonyl (C=O) groups excluding carboxylic acids is 1. The van der Waals surface area contributed by atoms with Gasteiger partial charge in [0.15, 0.2) is 4.80 Å². The zero-order chi connectivity index (χ0) is 32.5. The number of carbonyl (C=O) groups is 1. The summed E-state index contributed by atoms with van der Waals surface area (Å²) in [5.41, 5.74) is 5.62. The predicted molar refractivity (Wildman–Crippen MR) is 178 cm³/mol. The fourth-order valence-corrected chi connectivity index (χ4v) is 7.02. The molecule has 234 valence electrons. The highest BCUT2D eigenvalue weighted by Gasteiger charge is 2.34. The molecular weight excluding hydrogens is 625 g/mol. The number of ether oxygens (including phenoxy) is 2. The Bertz CT molecular complexity index is 2180. The first kappa shape index (κ1) is 31.3. The number of aryl methyl sites for hydroxylation is 1. The van der Waals surface area contributed by atoms with Crippen LogP contribution in [0.3, 0.4) is 0 Å². The largest absolute Gasteiger partial charge is 0.489 e. The van der Waals surface area contributed by atoms with Crippen LogP contribution in [0.2, 0.25) is 5.02 Å². The standard InChI is InChI=1S/C36H31ClFN3O4S/c1-5-44-35(43)32-22(3)39-36-41(33(32)29-11-6-7-12-30(29)37)34(42)31(46-36)19-25-17-21(2)40(23(25)4)27-13-15-28(16-14-27)45-20-24-9-8-10-26(38)18-24/h6-19,33H,5,20H2,1-4H3/b31-19-/t33-/m0/s1. The fraction of sp³-hybridized carbons (Fsp3) is 0.194. The molecule has 5 aromatic rings. The summed E-state index contributed by atoms with van der Waals surface area (Å²) in [5, 5.41) is 0.438. The highest BCUT2D eigenvalue weighted by atomic mass is 35.5. The molecule has 1 aliphatic heterocycles. The minimum atomic E-state index is -0.778. The lowest BCUT2D eigenvalue weighted by molar-refractivity contribution is -0.139. The van der Waals surface area contributed by atoms with Crippen molar-refractivity contribution in [1.29, 1.82) is 0 Å². The Morgan fingerprint density at radius 3 is 2.52 bits per heavy atom. The van der Waals surface area contributed by atoms with Crippen molar-refractivity contribution in [2.24, 2.45) is 4.99 Å². The molecule has 0 bridgehead atoms. The molecule has 0 saturated heterocycles. The molecule has 0 N–H and O–H groups in total. The molecule has 1 atom stereocenters. The molecule has 0 fully saturated rings. The molecule has 0 spiro atoms. The van der Waals surface area contributed by atoms with Crippen LogP contribution in [0.4, 0.5) is 4.39 Å². The fourth-order valence-electron chi connectivity index (χ4n) is 5.74. The van der Waals surface area contributed by atoms with Crippen LogP contribution < -0.4 is 19.6 Å². The van der Waals surface area contributed by atoms with Crippen molar-refractivity contribution in [3.05, 3.63) is 149 Å². The molecule has 3 aromatic carbocycles. The monoisotopic (exact) mass is 655 g/mol. The second-order valence-electron chi connectivity index (χ2n) is 10.9. The van der Waals surface area contributed by atoms with Gasteiger partial charge in [0.25, 0.3) is 5.56 Å². The summed E-state index contributed by atoms with van der Waals surface area (Å²) in [6.07, 6.45) is 1.87. The molecule has 0 unspecified atom stereocenters. The Morgan fingerprint density at radius 2 is 1.80 bits per heavy atom. The van der Waals surface area contributed by atoms with Crippen molar-refractivity contribution in [3.8, 4) is 11.4 Å². The summed E-state index contributed by atoms with van der Waals surface area (Å²) in [7, 11) is 0. The minimum Gasteiger partial charge on any atom is -0.489 e. The molecule has 0 radical (unpaired) electrons. The zero-order valence-electron chi connectivity index (χ0n) is 25.7. The SMILES string of the molecule is CCOC(=O)C1=C(C)N=c2s/c(=C\c3cc(C)n(-c4ccc(OCc5cccc(F)c5)cc4)c3C)c(=O)n2[C@H]1c1ccccc1Cl. The molecule has 0 saturated carbocycles. The van der Waals surface area contributed by atoms with E-state index < -0.39 is 12.0 Å². The molecule has 6 rings (SSSR count). The lowest BCUT2D eigenvalue weighted by Crippen LogP contribution is -2.40. The topological polar surface area (TPSA) is 74.8 Å². The Kier molecular flexibility index (Phi) is 8.80. The average Bonchev–Trinajstić information content (AvgIpc) is 3.49. The van der Waals surface area contributed by atoms with Gasteiger partial charge in [0.05, 0.1) is 22.4 Å². The van der Waals surface area contributed by atoms with E-state index in [9.17, 15) is 14.0 Å². The second-order valence-corrected chi connectivity index (χ2v) is 12.3. The zero-order valence-corrected chi connectivity index (χ0v) is 27.3. The van der Waals surface area contributed by atoms with Gasteiger partial charge < -0.3 is 14.0 Å². The molecule has 46 heavy (non-hydrogen) atoms. The maximum atomic E-state index is 14.1. The van der Waals surface area contributed by atoms with E-state index in [4.69, 9.17) is 21.1 Å². The van der Waals surface area contributed by atoms with Crippen molar-refractivity contribution in [2.75, 3.05) is 6.61 Å². The lowest BCUT2D eigenvalue weighted by Gasteiger charge is -2.25. The van der Waals surface area contributed by atoms with E-state index in [0.717, 1.165) is 28.2 Å². The molecule has 10 heteroatoms. The van der Waals surface area contributed by atoms with Gasteiger partial charge in [-0.25, -0.2) is 14.2 Å². The van der Waals surface area contributed by atoms with E-state index in [2.05, 4.69) is 9.56 Å². The van der Waals surface area contributed by atoms with Gasteiger partial charge in [-0.15, -0.1) is 0 Å². The predicted octanol–water partition coefficient (Wildman–Crippen LogP) is 6.58. The Labute approximate surface area is 274 Å². The molecule has 3 heterocycles. The van der Waals surface area contributed by atoms with Crippen molar-refractivity contribution < 1.29 is 18.7 Å². The summed E-state index contributed by atoms with van der Waals surface area (Å²) in [6, 6.07) is 22.5. The van der Waals surface area contributed by atoms with Gasteiger partial charge in [0.1, 0.15) is 24.2 Å². The first-order valence-corrected chi connectivity index (χ1v) is 16.0. The van der Waals surface area contributed by atoms with Gasteiger partial charge in [-0.2, -0.15) is 0 Å². The third-order valence-electron chi connectivity index (χ3n) is 7.86. The van der Waals surface area contributed by atoms with Crippen LogP contribution in [-0.4, -0.2) is 21.7 Å². The molecule has 0 amide bonds. The van der Waals surface area contributed by atoms with Crippen LogP contribution in [0, 0.1) is 19.7 Å². The number of halogens is 2. The number of thiazole rings is 1. The van der Waals surface area contributed by atoms with Gasteiger partial charge in [-0.3, -0.25) is 9.36 Å². The summed E-state index contributed by atoms with van der Waals surface area (Å²) >= 11 is 7.89. The Hall–Kier alpha value is -4.73. The van der Waals surface area contributed by atoms with E-state index in [1.807, 2.05) is 68.5 Å². The maximum Gasteiger partial charge on any atom is 0.338 e. The molecule has 7 nitrogen and oxygen atoms in total. The summed E-state index contributed by atoms with van der Waals surface area (Å²) in [6.45, 7) is 7.94. The van der Waals surface area contributed by atoms with Crippen molar-refractivity contribution >= 4 is 35.0 Å². The summed E-state index contributed by atoms with van der Waals surface area (Å²) in [5.74, 6) is -0.157. The number of fused-ring (bicyclic) bond motifs is 1. The number of esters is 1. The number of allylic oxidation sites excluding steroid dienone is 1. The quantitative estimate of drug-likeness (QED) is 0.177. The van der Waals surface area contributed by atoms with Crippen molar-refractivity contribution in [1.82, 2.24) is 9.13 Å². The third-order valence-corrected chi connectivity index (χ3v) is 9.19. The first-order valence-electron chi connectivity index (χ1n) is 14.8. The van der Waals surface area contributed by atoms with Crippen LogP contribution in [0.5, 0.6) is 5.75 Å². The normalized spacial score (nSPS) is 14.7. The molecule has 1 aliphatic rings. The van der Waals surface area contributed by atoms with Crippen LogP contribution in [-0.2, 0) is 16.1 Å². The number of hydrogen-bond acceptors (Lipinski definition) is 6. The maximum absolute atomic E-state index is 14.1. The highest BCUT2D eigenvalue weighted by molar-refractivity contribution is 7.07. The minimum absolute atomic E-state index is 0.190. The van der Waals surface area contributed by atoms with Crippen LogP contribution >= 0.6 is 22.9 Å². The molecule has 2 aromatic heterocycles. The second kappa shape index (κ2) is 12.9. The number of aromatic nitrogens is 2. The van der Waals surface area contributed by atoms with Crippen molar-refractivity contribution in [3.63, 3.8) is 0 Å². The van der Waals surface area contributed by atoms with Gasteiger partial charge in [-0.1, -0.05) is 53.3 Å². The van der Waals surface area contributed by atoms with Gasteiger partial charge in [0.2, 0.25) is 0 Å². The van der Waals surface area contributed by atoms with E-state index >= 15 is 0 Å². The highest BCUT2D eigenvalue weighted by Crippen LogP contribution is 2.34. The van der Waals surface area contributed by atoms with E-state index in [0.29, 0.717) is 31.4 Å². The van der Waals surface area contributed by atoms with E-state index in [1.54, 1.807) is 36.6 Å². The Balaban J connectivity index is 1.36. The number of rotatable bonds is 8. The van der Waals surface area contributed by atoms with Crippen LogP contribution in [0.1, 0.15) is 48.0 Å². The summed E-state index contributed by atoms with van der Waals surface area (Å²) in [4.78, 5) is 32.4.